The lowest BCUT2D eigenvalue weighted by molar-refractivity contribution is 0.324. The molecular formula is C22H27N3O3. The molecule has 2 aromatic carbocycles. The fraction of sp³-hybridized carbons (Fsp3) is 0.364. The number of benzene rings is 2. The Morgan fingerprint density at radius 2 is 1.50 bits per heavy atom. The van der Waals surface area contributed by atoms with E-state index in [2.05, 4.69) is 55.3 Å². The number of rotatable bonds is 6. The van der Waals surface area contributed by atoms with E-state index in [4.69, 9.17) is 14.2 Å². The molecular weight excluding hydrogens is 354 g/mol. The van der Waals surface area contributed by atoms with Gasteiger partial charge in [-0.05, 0) is 28.7 Å². The second kappa shape index (κ2) is 7.92. The quantitative estimate of drug-likeness (QED) is 0.637. The first kappa shape index (κ1) is 19.7. The molecule has 1 aromatic heterocycles. The molecule has 0 aliphatic carbocycles. The molecule has 1 heterocycles. The highest BCUT2D eigenvalue weighted by Crippen LogP contribution is 2.40. The Kier molecular flexibility index (Phi) is 5.58. The maximum absolute atomic E-state index is 5.42. The molecule has 3 rings (SSSR count). The maximum atomic E-state index is 5.42. The van der Waals surface area contributed by atoms with Gasteiger partial charge in [0.15, 0.2) is 11.5 Å². The van der Waals surface area contributed by atoms with Crippen molar-refractivity contribution in [2.45, 2.75) is 32.7 Å². The third-order valence-corrected chi connectivity index (χ3v) is 4.66. The highest BCUT2D eigenvalue weighted by Gasteiger charge is 2.16. The van der Waals surface area contributed by atoms with Gasteiger partial charge < -0.3 is 14.2 Å². The second-order valence-electron chi connectivity index (χ2n) is 7.66. The molecule has 28 heavy (non-hydrogen) atoms. The lowest BCUT2D eigenvalue weighted by Crippen LogP contribution is -2.11. The van der Waals surface area contributed by atoms with Gasteiger partial charge in [-0.1, -0.05) is 50.3 Å². The molecule has 0 saturated heterocycles. The number of nitrogens with zero attached hydrogens (tertiary/aromatic N) is 3. The van der Waals surface area contributed by atoms with Crippen LogP contribution in [-0.4, -0.2) is 36.3 Å². The van der Waals surface area contributed by atoms with Gasteiger partial charge in [-0.2, -0.15) is 0 Å². The van der Waals surface area contributed by atoms with Gasteiger partial charge in [-0.25, -0.2) is 4.68 Å². The van der Waals surface area contributed by atoms with Crippen LogP contribution < -0.4 is 14.2 Å². The van der Waals surface area contributed by atoms with Crippen molar-refractivity contribution >= 4 is 0 Å². The van der Waals surface area contributed by atoms with Crippen LogP contribution in [0.25, 0.3) is 11.3 Å². The molecule has 0 unspecified atom stereocenters. The summed E-state index contributed by atoms with van der Waals surface area (Å²) in [5.74, 6) is 1.73. The molecule has 6 nitrogen and oxygen atoms in total. The summed E-state index contributed by atoms with van der Waals surface area (Å²) in [7, 11) is 4.78. The van der Waals surface area contributed by atoms with Crippen molar-refractivity contribution in [3.63, 3.8) is 0 Å². The number of hydrogen-bond donors (Lipinski definition) is 0. The van der Waals surface area contributed by atoms with Crippen LogP contribution in [0.15, 0.2) is 42.6 Å². The van der Waals surface area contributed by atoms with E-state index in [-0.39, 0.29) is 5.41 Å². The SMILES string of the molecule is COc1cc(-c2cn(Cc3ccc(C(C)(C)C)cc3)nn2)cc(OC)c1OC. The monoisotopic (exact) mass is 381 g/mol. The first-order valence-electron chi connectivity index (χ1n) is 9.15. The molecule has 0 radical (unpaired) electrons. The Hall–Kier alpha value is -3.02. The molecule has 0 aliphatic rings. The van der Waals surface area contributed by atoms with Gasteiger partial charge >= 0.3 is 0 Å². The van der Waals surface area contributed by atoms with E-state index >= 15 is 0 Å². The average molecular weight is 381 g/mol. The smallest absolute Gasteiger partial charge is 0.203 e. The summed E-state index contributed by atoms with van der Waals surface area (Å²) in [5, 5.41) is 8.57. The molecule has 0 atom stereocenters. The summed E-state index contributed by atoms with van der Waals surface area (Å²) in [6, 6.07) is 12.4. The Labute approximate surface area is 166 Å². The van der Waals surface area contributed by atoms with Crippen LogP contribution in [0, 0.1) is 0 Å². The predicted molar refractivity (Wildman–Crippen MR) is 109 cm³/mol. The van der Waals surface area contributed by atoms with Crippen molar-refractivity contribution in [3.8, 4) is 28.5 Å². The van der Waals surface area contributed by atoms with Gasteiger partial charge in [-0.15, -0.1) is 5.10 Å². The summed E-state index contributed by atoms with van der Waals surface area (Å²) < 4.78 is 18.0. The number of ether oxygens (including phenoxy) is 3. The fourth-order valence-electron chi connectivity index (χ4n) is 3.03. The topological polar surface area (TPSA) is 58.4 Å². The molecule has 0 amide bonds. The zero-order valence-corrected chi connectivity index (χ0v) is 17.3. The van der Waals surface area contributed by atoms with Crippen LogP contribution in [0.3, 0.4) is 0 Å². The van der Waals surface area contributed by atoms with Crippen LogP contribution in [0.1, 0.15) is 31.9 Å². The minimum absolute atomic E-state index is 0.144. The molecule has 3 aromatic rings. The Bertz CT molecular complexity index is 915. The summed E-state index contributed by atoms with van der Waals surface area (Å²) in [4.78, 5) is 0. The van der Waals surface area contributed by atoms with E-state index in [0.29, 0.717) is 23.8 Å². The highest BCUT2D eigenvalue weighted by molar-refractivity contribution is 5.68. The normalized spacial score (nSPS) is 11.4. The molecule has 148 valence electrons. The summed E-state index contributed by atoms with van der Waals surface area (Å²) in [5.41, 5.74) is 4.22. The molecule has 0 fully saturated rings. The van der Waals surface area contributed by atoms with Gasteiger partial charge in [0, 0.05) is 5.56 Å². The van der Waals surface area contributed by atoms with Crippen LogP contribution in [0.2, 0.25) is 0 Å². The van der Waals surface area contributed by atoms with Crippen molar-refractivity contribution in [2.24, 2.45) is 0 Å². The van der Waals surface area contributed by atoms with E-state index in [1.54, 1.807) is 21.3 Å². The van der Waals surface area contributed by atoms with Crippen molar-refractivity contribution in [3.05, 3.63) is 53.7 Å². The van der Waals surface area contributed by atoms with Crippen molar-refractivity contribution in [1.29, 1.82) is 0 Å². The zero-order valence-electron chi connectivity index (χ0n) is 17.3. The van der Waals surface area contributed by atoms with Crippen LogP contribution >= 0.6 is 0 Å². The predicted octanol–water partition coefficient (Wildman–Crippen LogP) is 4.32. The first-order chi connectivity index (χ1) is 13.4. The van der Waals surface area contributed by atoms with Gasteiger partial charge in [0.2, 0.25) is 5.75 Å². The number of aromatic nitrogens is 3. The summed E-state index contributed by atoms with van der Waals surface area (Å²) in [6.45, 7) is 7.29. The maximum Gasteiger partial charge on any atom is 0.203 e. The van der Waals surface area contributed by atoms with Gasteiger partial charge in [0.1, 0.15) is 5.69 Å². The van der Waals surface area contributed by atoms with E-state index in [9.17, 15) is 0 Å². The Balaban J connectivity index is 1.84. The lowest BCUT2D eigenvalue weighted by Gasteiger charge is -2.19. The van der Waals surface area contributed by atoms with Gasteiger partial charge in [0.25, 0.3) is 0 Å². The molecule has 0 N–H and O–H groups in total. The molecule has 6 heteroatoms. The van der Waals surface area contributed by atoms with E-state index < -0.39 is 0 Å². The van der Waals surface area contributed by atoms with Crippen molar-refractivity contribution < 1.29 is 14.2 Å². The fourth-order valence-corrected chi connectivity index (χ4v) is 3.03. The Morgan fingerprint density at radius 1 is 0.893 bits per heavy atom. The van der Waals surface area contributed by atoms with Crippen LogP contribution in [-0.2, 0) is 12.0 Å². The summed E-state index contributed by atoms with van der Waals surface area (Å²) >= 11 is 0. The number of methoxy groups -OCH3 is 3. The van der Waals surface area contributed by atoms with Crippen molar-refractivity contribution in [2.75, 3.05) is 21.3 Å². The lowest BCUT2D eigenvalue weighted by atomic mass is 9.87. The largest absolute Gasteiger partial charge is 0.493 e. The van der Waals surface area contributed by atoms with Crippen LogP contribution in [0.4, 0.5) is 0 Å². The summed E-state index contributed by atoms with van der Waals surface area (Å²) in [6.07, 6.45) is 1.92. The molecule has 0 aliphatic heterocycles. The molecule has 0 spiro atoms. The molecule has 0 saturated carbocycles. The van der Waals surface area contributed by atoms with E-state index in [1.165, 1.54) is 11.1 Å². The van der Waals surface area contributed by atoms with Crippen LogP contribution in [0.5, 0.6) is 17.2 Å². The van der Waals surface area contributed by atoms with Crippen molar-refractivity contribution in [1.82, 2.24) is 15.0 Å². The highest BCUT2D eigenvalue weighted by atomic mass is 16.5. The third kappa shape index (κ3) is 4.11. The van der Waals surface area contributed by atoms with Gasteiger partial charge in [-0.3, -0.25) is 0 Å². The molecule has 0 bridgehead atoms. The first-order valence-corrected chi connectivity index (χ1v) is 9.15. The minimum atomic E-state index is 0.144. The van der Waals surface area contributed by atoms with E-state index in [0.717, 1.165) is 11.3 Å². The van der Waals surface area contributed by atoms with Gasteiger partial charge in [0.05, 0.1) is 34.1 Å². The third-order valence-electron chi connectivity index (χ3n) is 4.66. The average Bonchev–Trinajstić information content (AvgIpc) is 3.15. The number of hydrogen-bond acceptors (Lipinski definition) is 5. The van der Waals surface area contributed by atoms with E-state index in [1.807, 2.05) is 23.0 Å². The second-order valence-corrected chi connectivity index (χ2v) is 7.66. The standard InChI is InChI=1S/C22H27N3O3/c1-22(2,3)17-9-7-15(8-10-17)13-25-14-18(23-24-25)16-11-19(26-4)21(28-6)20(12-16)27-5/h7-12,14H,13H2,1-6H3. The minimum Gasteiger partial charge on any atom is -0.493 e. The Morgan fingerprint density at radius 3 is 2.00 bits per heavy atom. The zero-order chi connectivity index (χ0) is 20.3.